The van der Waals surface area contributed by atoms with E-state index in [9.17, 15) is 0 Å². The molecule has 2 atom stereocenters. The molecule has 0 aliphatic heterocycles. The largest absolute Gasteiger partial charge is 0.370 e. The lowest BCUT2D eigenvalue weighted by molar-refractivity contribution is 0.683. The molecular weight excluding hydrogens is 361 g/mol. The zero-order chi connectivity index (χ0) is 13.8. The number of nitrogens with one attached hydrogen (secondary N) is 1. The molecule has 2 unspecified atom stereocenters. The third-order valence-corrected chi connectivity index (χ3v) is 3.68. The maximum Gasteiger partial charge on any atom is 0.193 e. The molecule has 1 aromatic carbocycles. The number of aliphatic imine (C=N–C) groups is 1. The van der Waals surface area contributed by atoms with Crippen molar-refractivity contribution < 1.29 is 0 Å². The van der Waals surface area contributed by atoms with Crippen LogP contribution >= 0.6 is 24.0 Å². The number of nitrogens with zero attached hydrogens (tertiary/aromatic N) is 1. The van der Waals surface area contributed by atoms with Crippen LogP contribution in [-0.2, 0) is 0 Å². The summed E-state index contributed by atoms with van der Waals surface area (Å²) >= 11 is 0. The number of nitrogens with two attached hydrogens (primary N) is 1. The van der Waals surface area contributed by atoms with Crippen LogP contribution in [0.3, 0.4) is 0 Å². The van der Waals surface area contributed by atoms with Crippen molar-refractivity contribution in [2.75, 3.05) is 5.32 Å². The average Bonchev–Trinajstić information content (AvgIpc) is 3.07. The van der Waals surface area contributed by atoms with E-state index in [1.165, 1.54) is 24.8 Å². The van der Waals surface area contributed by atoms with Gasteiger partial charge >= 0.3 is 0 Å². The van der Waals surface area contributed by atoms with E-state index < -0.39 is 0 Å². The van der Waals surface area contributed by atoms with Gasteiger partial charge in [-0.05, 0) is 42.4 Å². The summed E-state index contributed by atoms with van der Waals surface area (Å²) in [4.78, 5) is 4.54. The third-order valence-electron chi connectivity index (χ3n) is 3.68. The highest BCUT2D eigenvalue weighted by molar-refractivity contribution is 14.0. The number of halogens is 1. The van der Waals surface area contributed by atoms with Gasteiger partial charge in [0.1, 0.15) is 0 Å². The topological polar surface area (TPSA) is 50.4 Å². The molecule has 0 radical (unpaired) electrons. The van der Waals surface area contributed by atoms with Gasteiger partial charge in [-0.15, -0.1) is 24.0 Å². The van der Waals surface area contributed by atoms with Gasteiger partial charge in [0.25, 0.3) is 0 Å². The van der Waals surface area contributed by atoms with E-state index in [0.717, 1.165) is 11.6 Å². The number of guanidine groups is 1. The smallest absolute Gasteiger partial charge is 0.193 e. The first-order chi connectivity index (χ1) is 9.10. The van der Waals surface area contributed by atoms with Gasteiger partial charge in [-0.1, -0.05) is 39.3 Å². The Morgan fingerprint density at radius 2 is 2.20 bits per heavy atom. The van der Waals surface area contributed by atoms with E-state index >= 15 is 0 Å². The Balaban J connectivity index is 0.00000200. The molecule has 1 fully saturated rings. The Hall–Kier alpha value is -0.780. The predicted molar refractivity (Wildman–Crippen MR) is 98.0 cm³/mol. The molecule has 0 saturated heterocycles. The lowest BCUT2D eigenvalue weighted by Crippen LogP contribution is -2.23. The van der Waals surface area contributed by atoms with E-state index in [2.05, 4.69) is 49.3 Å². The van der Waals surface area contributed by atoms with E-state index in [1.54, 1.807) is 0 Å². The standard InChI is InChI=1S/C16H25N3.HI/c1-4-6-13-10-15(13)19-16(17)18-14-8-5-7-12(9-14)11(2)3;/h5,7-9,11,13,15H,4,6,10H2,1-3H3,(H3,17,18,19);1H. The number of rotatable bonds is 5. The Morgan fingerprint density at radius 1 is 1.45 bits per heavy atom. The van der Waals surface area contributed by atoms with Crippen LogP contribution in [0.5, 0.6) is 0 Å². The summed E-state index contributed by atoms with van der Waals surface area (Å²) in [5.41, 5.74) is 8.31. The summed E-state index contributed by atoms with van der Waals surface area (Å²) in [7, 11) is 0. The number of anilines is 1. The average molecular weight is 387 g/mol. The SMILES string of the molecule is CCCC1CC1N=C(N)Nc1cccc(C(C)C)c1.I. The number of benzene rings is 1. The van der Waals surface area contributed by atoms with E-state index in [-0.39, 0.29) is 24.0 Å². The fraction of sp³-hybridized carbons (Fsp3) is 0.562. The zero-order valence-electron chi connectivity index (χ0n) is 12.6. The summed E-state index contributed by atoms with van der Waals surface area (Å²) in [6.07, 6.45) is 3.70. The van der Waals surface area contributed by atoms with Crippen molar-refractivity contribution in [1.82, 2.24) is 0 Å². The summed E-state index contributed by atoms with van der Waals surface area (Å²) in [6, 6.07) is 8.82. The van der Waals surface area contributed by atoms with Crippen LogP contribution in [0, 0.1) is 5.92 Å². The zero-order valence-corrected chi connectivity index (χ0v) is 14.9. The predicted octanol–water partition coefficient (Wildman–Crippen LogP) is 4.34. The normalized spacial score (nSPS) is 21.5. The highest BCUT2D eigenvalue weighted by Crippen LogP contribution is 2.37. The molecule has 0 bridgehead atoms. The molecule has 0 amide bonds. The second-order valence-corrected chi connectivity index (χ2v) is 5.77. The summed E-state index contributed by atoms with van der Waals surface area (Å²) in [6.45, 7) is 6.60. The Labute approximate surface area is 139 Å². The Kier molecular flexibility index (Phi) is 6.79. The summed E-state index contributed by atoms with van der Waals surface area (Å²) in [5.74, 6) is 1.83. The second kappa shape index (κ2) is 7.86. The molecule has 0 spiro atoms. The molecule has 1 aliphatic rings. The molecule has 1 aromatic rings. The van der Waals surface area contributed by atoms with Crippen LogP contribution in [-0.4, -0.2) is 12.0 Å². The third kappa shape index (κ3) is 4.96. The van der Waals surface area contributed by atoms with Crippen LogP contribution in [0.4, 0.5) is 5.69 Å². The van der Waals surface area contributed by atoms with Crippen LogP contribution in [0.1, 0.15) is 51.5 Å². The lowest BCUT2D eigenvalue weighted by Gasteiger charge is -2.09. The maximum atomic E-state index is 5.97. The quantitative estimate of drug-likeness (QED) is 0.449. The highest BCUT2D eigenvalue weighted by Gasteiger charge is 2.35. The number of hydrogen-bond donors (Lipinski definition) is 2. The van der Waals surface area contributed by atoms with Gasteiger partial charge in [-0.3, -0.25) is 0 Å². The molecule has 20 heavy (non-hydrogen) atoms. The van der Waals surface area contributed by atoms with Gasteiger partial charge < -0.3 is 11.1 Å². The molecule has 0 heterocycles. The highest BCUT2D eigenvalue weighted by atomic mass is 127. The van der Waals surface area contributed by atoms with E-state index in [0.29, 0.717) is 17.9 Å². The number of hydrogen-bond acceptors (Lipinski definition) is 1. The van der Waals surface area contributed by atoms with Crippen molar-refractivity contribution in [3.63, 3.8) is 0 Å². The molecule has 0 aromatic heterocycles. The van der Waals surface area contributed by atoms with Crippen LogP contribution < -0.4 is 11.1 Å². The van der Waals surface area contributed by atoms with Crippen molar-refractivity contribution in [2.24, 2.45) is 16.6 Å². The molecule has 3 N–H and O–H groups in total. The molecule has 3 nitrogen and oxygen atoms in total. The van der Waals surface area contributed by atoms with Crippen LogP contribution in [0.2, 0.25) is 0 Å². The molecular formula is C16H26IN3. The van der Waals surface area contributed by atoms with Crippen molar-refractivity contribution in [3.8, 4) is 0 Å². The fourth-order valence-electron chi connectivity index (χ4n) is 2.41. The van der Waals surface area contributed by atoms with Gasteiger partial charge in [-0.25, -0.2) is 4.99 Å². The minimum absolute atomic E-state index is 0. The minimum atomic E-state index is 0. The van der Waals surface area contributed by atoms with Crippen molar-refractivity contribution in [1.29, 1.82) is 0 Å². The van der Waals surface area contributed by atoms with Gasteiger partial charge in [0, 0.05) is 5.69 Å². The molecule has 4 heteroatoms. The monoisotopic (exact) mass is 387 g/mol. The molecule has 2 rings (SSSR count). The van der Waals surface area contributed by atoms with Gasteiger partial charge in [0.15, 0.2) is 5.96 Å². The van der Waals surface area contributed by atoms with Crippen LogP contribution in [0.15, 0.2) is 29.3 Å². The molecule has 1 saturated carbocycles. The van der Waals surface area contributed by atoms with Gasteiger partial charge in [0.05, 0.1) is 6.04 Å². The molecule has 112 valence electrons. The fourth-order valence-corrected chi connectivity index (χ4v) is 2.41. The van der Waals surface area contributed by atoms with E-state index in [1.807, 2.05) is 6.07 Å². The first kappa shape index (κ1) is 17.3. The minimum Gasteiger partial charge on any atom is -0.370 e. The van der Waals surface area contributed by atoms with Crippen molar-refractivity contribution in [3.05, 3.63) is 29.8 Å². The molecule has 1 aliphatic carbocycles. The first-order valence-electron chi connectivity index (χ1n) is 7.30. The summed E-state index contributed by atoms with van der Waals surface area (Å²) < 4.78 is 0. The van der Waals surface area contributed by atoms with E-state index in [4.69, 9.17) is 5.73 Å². The van der Waals surface area contributed by atoms with Gasteiger partial charge in [0.2, 0.25) is 0 Å². The Morgan fingerprint density at radius 3 is 2.85 bits per heavy atom. The van der Waals surface area contributed by atoms with Gasteiger partial charge in [-0.2, -0.15) is 0 Å². The lowest BCUT2D eigenvalue weighted by atomic mass is 10.0. The first-order valence-corrected chi connectivity index (χ1v) is 7.30. The Bertz CT molecular complexity index is 457. The van der Waals surface area contributed by atoms with Crippen molar-refractivity contribution >= 4 is 35.6 Å². The van der Waals surface area contributed by atoms with Crippen LogP contribution in [0.25, 0.3) is 0 Å². The summed E-state index contributed by atoms with van der Waals surface area (Å²) in [5, 5.41) is 3.20. The van der Waals surface area contributed by atoms with Crippen molar-refractivity contribution in [2.45, 2.75) is 52.0 Å². The maximum absolute atomic E-state index is 5.97. The second-order valence-electron chi connectivity index (χ2n) is 5.77.